The minimum Gasteiger partial charge on any atom is -0.497 e. The Morgan fingerprint density at radius 2 is 1.77 bits per heavy atom. The summed E-state index contributed by atoms with van der Waals surface area (Å²) in [5.74, 6) is 1.30. The van der Waals surface area contributed by atoms with Gasteiger partial charge in [-0.25, -0.2) is 0 Å². The Balaban J connectivity index is 1.37. The van der Waals surface area contributed by atoms with Gasteiger partial charge in [-0.3, -0.25) is 9.59 Å². The van der Waals surface area contributed by atoms with Crippen molar-refractivity contribution in [3.63, 3.8) is 0 Å². The van der Waals surface area contributed by atoms with Crippen molar-refractivity contribution in [3.05, 3.63) is 95.7 Å². The zero-order valence-electron chi connectivity index (χ0n) is 22.7. The van der Waals surface area contributed by atoms with E-state index in [-0.39, 0.29) is 30.5 Å². The van der Waals surface area contributed by atoms with Crippen molar-refractivity contribution in [2.24, 2.45) is 0 Å². The largest absolute Gasteiger partial charge is 0.497 e. The van der Waals surface area contributed by atoms with Crippen LogP contribution in [0.2, 0.25) is 0 Å². The molecule has 39 heavy (non-hydrogen) atoms. The van der Waals surface area contributed by atoms with E-state index < -0.39 is 0 Å². The molecule has 1 atom stereocenters. The van der Waals surface area contributed by atoms with Gasteiger partial charge in [0.1, 0.15) is 23.7 Å². The van der Waals surface area contributed by atoms with Gasteiger partial charge in [0.2, 0.25) is 5.91 Å². The molecule has 4 aromatic rings. The van der Waals surface area contributed by atoms with Crippen molar-refractivity contribution in [3.8, 4) is 11.5 Å². The molecule has 1 fully saturated rings. The number of amides is 2. The molecule has 202 valence electrons. The first-order valence-electron chi connectivity index (χ1n) is 13.4. The maximum atomic E-state index is 13.6. The number of hydrogen-bond acceptors (Lipinski definition) is 4. The number of aromatic amines is 1. The Kier molecular flexibility index (Phi) is 7.87. The molecular weight excluding hydrogens is 490 g/mol. The lowest BCUT2D eigenvalue weighted by Gasteiger charge is -2.41. The van der Waals surface area contributed by atoms with Crippen LogP contribution in [0.25, 0.3) is 10.9 Å². The van der Waals surface area contributed by atoms with Crippen LogP contribution in [0.1, 0.15) is 41.9 Å². The van der Waals surface area contributed by atoms with E-state index in [1.54, 1.807) is 12.0 Å². The SMILES string of the molecule is COc1ccc2[nH]c(C(=O)N3CC(=O)N(Cc4cccc(OC(C)C)c4)[C@@H](CCc4ccccc4)C3)cc2c1. The fourth-order valence-corrected chi connectivity index (χ4v) is 5.18. The lowest BCUT2D eigenvalue weighted by molar-refractivity contribution is -0.139. The Labute approximate surface area is 229 Å². The highest BCUT2D eigenvalue weighted by Gasteiger charge is 2.35. The highest BCUT2D eigenvalue weighted by Crippen LogP contribution is 2.25. The van der Waals surface area contributed by atoms with Gasteiger partial charge < -0.3 is 24.3 Å². The Bertz CT molecular complexity index is 1450. The van der Waals surface area contributed by atoms with Crippen LogP contribution in [0, 0.1) is 0 Å². The van der Waals surface area contributed by atoms with Crippen LogP contribution in [-0.4, -0.2) is 58.9 Å². The number of fused-ring (bicyclic) bond motifs is 1. The summed E-state index contributed by atoms with van der Waals surface area (Å²) in [7, 11) is 1.62. The van der Waals surface area contributed by atoms with Crippen LogP contribution in [0.15, 0.2) is 78.9 Å². The van der Waals surface area contributed by atoms with Crippen LogP contribution in [0.4, 0.5) is 0 Å². The molecule has 7 nitrogen and oxygen atoms in total. The number of aryl methyl sites for hydroxylation is 1. The van der Waals surface area contributed by atoms with Gasteiger partial charge in [-0.15, -0.1) is 0 Å². The van der Waals surface area contributed by atoms with Crippen molar-refractivity contribution in [1.82, 2.24) is 14.8 Å². The highest BCUT2D eigenvalue weighted by atomic mass is 16.5. The van der Waals surface area contributed by atoms with Gasteiger partial charge in [-0.2, -0.15) is 0 Å². The first-order chi connectivity index (χ1) is 18.9. The fraction of sp³-hybridized carbons (Fsp3) is 0.312. The maximum absolute atomic E-state index is 13.6. The molecule has 0 spiro atoms. The summed E-state index contributed by atoms with van der Waals surface area (Å²) < 4.78 is 11.2. The van der Waals surface area contributed by atoms with Crippen LogP contribution >= 0.6 is 0 Å². The monoisotopic (exact) mass is 525 g/mol. The molecule has 2 heterocycles. The van der Waals surface area contributed by atoms with E-state index >= 15 is 0 Å². The predicted molar refractivity (Wildman–Crippen MR) is 152 cm³/mol. The second-order valence-electron chi connectivity index (χ2n) is 10.3. The number of benzene rings is 3. The van der Waals surface area contributed by atoms with E-state index in [1.165, 1.54) is 5.56 Å². The van der Waals surface area contributed by atoms with Gasteiger partial charge in [-0.05, 0) is 74.2 Å². The van der Waals surface area contributed by atoms with Gasteiger partial charge in [0.25, 0.3) is 5.91 Å². The van der Waals surface area contributed by atoms with Gasteiger partial charge >= 0.3 is 0 Å². The summed E-state index contributed by atoms with van der Waals surface area (Å²) in [6.45, 7) is 4.98. The van der Waals surface area contributed by atoms with Crippen molar-refractivity contribution >= 4 is 22.7 Å². The number of piperazine rings is 1. The Hall–Kier alpha value is -4.26. The molecule has 0 unspecified atom stereocenters. The number of carbonyl (C=O) groups is 2. The fourth-order valence-electron chi connectivity index (χ4n) is 5.18. The second kappa shape index (κ2) is 11.6. The molecule has 1 N–H and O–H groups in total. The normalized spacial score (nSPS) is 15.7. The Morgan fingerprint density at radius 3 is 2.54 bits per heavy atom. The number of rotatable bonds is 9. The third kappa shape index (κ3) is 6.25. The number of aromatic nitrogens is 1. The van der Waals surface area contributed by atoms with Gasteiger partial charge in [0.15, 0.2) is 0 Å². The summed E-state index contributed by atoms with van der Waals surface area (Å²) in [6.07, 6.45) is 1.65. The molecule has 3 aromatic carbocycles. The molecule has 0 radical (unpaired) electrons. The van der Waals surface area contributed by atoms with E-state index in [0.29, 0.717) is 18.8 Å². The molecule has 1 aliphatic rings. The second-order valence-corrected chi connectivity index (χ2v) is 10.3. The summed E-state index contributed by atoms with van der Waals surface area (Å²) in [4.78, 5) is 34.0. The molecule has 0 bridgehead atoms. The molecule has 1 aliphatic heterocycles. The lowest BCUT2D eigenvalue weighted by Crippen LogP contribution is -2.57. The Morgan fingerprint density at radius 1 is 0.974 bits per heavy atom. The number of hydrogen-bond donors (Lipinski definition) is 1. The average Bonchev–Trinajstić information content (AvgIpc) is 3.36. The molecular formula is C32H35N3O4. The average molecular weight is 526 g/mol. The quantitative estimate of drug-likeness (QED) is 0.315. The number of carbonyl (C=O) groups excluding carboxylic acids is 2. The van der Waals surface area contributed by atoms with Crippen molar-refractivity contribution in [2.45, 2.75) is 45.4 Å². The van der Waals surface area contributed by atoms with E-state index in [9.17, 15) is 9.59 Å². The molecule has 2 amide bonds. The minimum atomic E-state index is -0.171. The number of nitrogens with zero attached hydrogens (tertiary/aromatic N) is 2. The minimum absolute atomic E-state index is 0.0432. The number of H-pyrrole nitrogens is 1. The van der Waals surface area contributed by atoms with Crippen LogP contribution < -0.4 is 9.47 Å². The number of nitrogens with one attached hydrogen (secondary N) is 1. The van der Waals surface area contributed by atoms with E-state index in [1.807, 2.05) is 85.5 Å². The molecule has 5 rings (SSSR count). The van der Waals surface area contributed by atoms with Gasteiger partial charge in [0, 0.05) is 24.0 Å². The molecule has 7 heteroatoms. The summed E-state index contributed by atoms with van der Waals surface area (Å²) in [6, 6.07) is 25.5. The first-order valence-corrected chi connectivity index (χ1v) is 13.4. The molecule has 0 saturated carbocycles. The summed E-state index contributed by atoms with van der Waals surface area (Å²) in [5.41, 5.74) is 3.55. The first kappa shape index (κ1) is 26.4. The molecule has 0 aliphatic carbocycles. The number of methoxy groups -OCH3 is 1. The summed E-state index contributed by atoms with van der Waals surface area (Å²) >= 11 is 0. The van der Waals surface area contributed by atoms with E-state index in [2.05, 4.69) is 17.1 Å². The standard InChI is InChI=1S/C32H35N3O4/c1-22(2)39-28-11-7-10-24(16-28)19-35-26(13-12-23-8-5-4-6-9-23)20-34(21-31(35)36)32(37)30-18-25-17-27(38-3)14-15-29(25)33-30/h4-11,14-18,22,26,33H,12-13,19-21H2,1-3H3/t26-/m0/s1. The van der Waals surface area contributed by atoms with Crippen LogP contribution in [0.3, 0.4) is 0 Å². The van der Waals surface area contributed by atoms with Crippen molar-refractivity contribution < 1.29 is 19.1 Å². The molecule has 1 aromatic heterocycles. The third-order valence-corrected chi connectivity index (χ3v) is 7.10. The number of ether oxygens (including phenoxy) is 2. The smallest absolute Gasteiger partial charge is 0.270 e. The van der Waals surface area contributed by atoms with Gasteiger partial charge in [0.05, 0.1) is 19.3 Å². The van der Waals surface area contributed by atoms with Crippen LogP contribution in [-0.2, 0) is 17.8 Å². The molecule has 1 saturated heterocycles. The van der Waals surface area contributed by atoms with Gasteiger partial charge in [-0.1, -0.05) is 42.5 Å². The zero-order chi connectivity index (χ0) is 27.4. The maximum Gasteiger partial charge on any atom is 0.270 e. The lowest BCUT2D eigenvalue weighted by atomic mass is 10.0. The van der Waals surface area contributed by atoms with Crippen molar-refractivity contribution in [2.75, 3.05) is 20.2 Å². The zero-order valence-corrected chi connectivity index (χ0v) is 22.7. The predicted octanol–water partition coefficient (Wildman–Crippen LogP) is 5.45. The third-order valence-electron chi connectivity index (χ3n) is 7.10. The van der Waals surface area contributed by atoms with E-state index in [0.717, 1.165) is 40.8 Å². The highest BCUT2D eigenvalue weighted by molar-refractivity contribution is 6.00. The topological polar surface area (TPSA) is 74.9 Å². The van der Waals surface area contributed by atoms with E-state index in [4.69, 9.17) is 9.47 Å². The van der Waals surface area contributed by atoms with Crippen LogP contribution in [0.5, 0.6) is 11.5 Å². The van der Waals surface area contributed by atoms with Crippen molar-refractivity contribution in [1.29, 1.82) is 0 Å². The summed E-state index contributed by atoms with van der Waals surface area (Å²) in [5, 5.41) is 0.895.